The SMILES string of the molecule is CC#CC(=O)Nc1ccc(-c2nc(Nc3cnn(C)c3)ncc2-c2ccc(Oc3nccc(C)n3)c(F)c2)cc1. The molecular formula is C29H23FN8O2. The van der Waals surface area contributed by atoms with Gasteiger partial charge in [-0.05, 0) is 55.7 Å². The van der Waals surface area contributed by atoms with Crippen molar-refractivity contribution in [2.24, 2.45) is 7.05 Å². The van der Waals surface area contributed by atoms with Crippen molar-refractivity contribution in [3.05, 3.63) is 84.8 Å². The summed E-state index contributed by atoms with van der Waals surface area (Å²) in [7, 11) is 1.81. The molecule has 0 radical (unpaired) electrons. The van der Waals surface area contributed by atoms with Crippen LogP contribution in [0.15, 0.2) is 73.3 Å². The summed E-state index contributed by atoms with van der Waals surface area (Å²) in [5.74, 6) is 4.32. The van der Waals surface area contributed by atoms with Gasteiger partial charge in [0, 0.05) is 48.1 Å². The molecule has 198 valence electrons. The third kappa shape index (κ3) is 6.08. The second kappa shape index (κ2) is 11.4. The summed E-state index contributed by atoms with van der Waals surface area (Å²) in [6, 6.07) is 13.4. The molecule has 0 aliphatic carbocycles. The number of aryl methyl sites for hydroxylation is 2. The van der Waals surface area contributed by atoms with E-state index in [9.17, 15) is 4.79 Å². The molecule has 5 aromatic rings. The van der Waals surface area contributed by atoms with E-state index in [-0.39, 0.29) is 11.8 Å². The van der Waals surface area contributed by atoms with E-state index in [0.717, 1.165) is 5.56 Å². The summed E-state index contributed by atoms with van der Waals surface area (Å²) < 4.78 is 22.4. The van der Waals surface area contributed by atoms with Crippen molar-refractivity contribution in [1.82, 2.24) is 29.7 Å². The van der Waals surface area contributed by atoms with Gasteiger partial charge in [-0.15, -0.1) is 0 Å². The Morgan fingerprint density at radius 2 is 1.80 bits per heavy atom. The van der Waals surface area contributed by atoms with Gasteiger partial charge in [0.05, 0.1) is 17.6 Å². The molecule has 1 amide bonds. The van der Waals surface area contributed by atoms with E-state index in [4.69, 9.17) is 9.72 Å². The van der Waals surface area contributed by atoms with Crippen LogP contribution in [0.2, 0.25) is 0 Å². The van der Waals surface area contributed by atoms with E-state index in [1.807, 2.05) is 0 Å². The van der Waals surface area contributed by atoms with Crippen LogP contribution in [-0.2, 0) is 11.8 Å². The van der Waals surface area contributed by atoms with Crippen molar-refractivity contribution in [2.45, 2.75) is 13.8 Å². The number of nitrogens with zero attached hydrogens (tertiary/aromatic N) is 6. The van der Waals surface area contributed by atoms with Gasteiger partial charge in [-0.2, -0.15) is 5.10 Å². The average molecular weight is 535 g/mol. The molecule has 5 rings (SSSR count). The molecule has 3 aromatic heterocycles. The van der Waals surface area contributed by atoms with Crippen molar-refractivity contribution >= 4 is 23.2 Å². The van der Waals surface area contributed by atoms with Gasteiger partial charge in [0.25, 0.3) is 5.91 Å². The molecule has 3 heterocycles. The minimum Gasteiger partial charge on any atom is -0.421 e. The molecule has 0 unspecified atom stereocenters. The van der Waals surface area contributed by atoms with E-state index in [0.29, 0.717) is 39.8 Å². The highest BCUT2D eigenvalue weighted by atomic mass is 19.1. The first-order valence-corrected chi connectivity index (χ1v) is 12.1. The molecule has 0 saturated heterocycles. The minimum atomic E-state index is -0.596. The van der Waals surface area contributed by atoms with Gasteiger partial charge in [0.1, 0.15) is 0 Å². The Kier molecular flexibility index (Phi) is 7.41. The molecule has 0 aliphatic heterocycles. The normalized spacial score (nSPS) is 10.4. The highest BCUT2D eigenvalue weighted by Crippen LogP contribution is 2.34. The van der Waals surface area contributed by atoms with Gasteiger partial charge in [-0.25, -0.2) is 24.3 Å². The van der Waals surface area contributed by atoms with Gasteiger partial charge in [0.15, 0.2) is 11.6 Å². The zero-order chi connectivity index (χ0) is 28.1. The number of hydrogen-bond acceptors (Lipinski definition) is 8. The predicted octanol–water partition coefficient (Wildman–Crippen LogP) is 5.28. The Morgan fingerprint density at radius 3 is 2.50 bits per heavy atom. The van der Waals surface area contributed by atoms with Crippen LogP contribution in [0, 0.1) is 24.6 Å². The standard InChI is InChI=1S/C29H23FN8O2/c1-4-5-26(39)35-21-9-6-19(7-10-21)27-23(16-32-28(37-27)36-22-15-33-38(3)17-22)20-8-11-25(24(30)14-20)40-29-31-13-12-18(2)34-29/h6-17H,1-3H3,(H,35,39)(H,32,36,37). The zero-order valence-electron chi connectivity index (χ0n) is 21.8. The van der Waals surface area contributed by atoms with Gasteiger partial charge in [-0.1, -0.05) is 24.1 Å². The Morgan fingerprint density at radius 1 is 1.00 bits per heavy atom. The first-order valence-electron chi connectivity index (χ1n) is 12.1. The fourth-order valence-corrected chi connectivity index (χ4v) is 3.80. The maximum Gasteiger partial charge on any atom is 0.322 e. The van der Waals surface area contributed by atoms with E-state index in [2.05, 4.69) is 42.5 Å². The van der Waals surface area contributed by atoms with Gasteiger partial charge in [-0.3, -0.25) is 9.48 Å². The van der Waals surface area contributed by atoms with Crippen LogP contribution >= 0.6 is 0 Å². The minimum absolute atomic E-state index is 0.0121. The molecular weight excluding hydrogens is 511 g/mol. The summed E-state index contributed by atoms with van der Waals surface area (Å²) >= 11 is 0. The van der Waals surface area contributed by atoms with Crippen LogP contribution in [0.3, 0.4) is 0 Å². The predicted molar refractivity (Wildman–Crippen MR) is 148 cm³/mol. The van der Waals surface area contributed by atoms with Crippen molar-refractivity contribution in [3.63, 3.8) is 0 Å². The Hall–Kier alpha value is -5.63. The van der Waals surface area contributed by atoms with Crippen molar-refractivity contribution in [3.8, 4) is 46.0 Å². The summed E-state index contributed by atoms with van der Waals surface area (Å²) in [6.45, 7) is 3.39. The van der Waals surface area contributed by atoms with Crippen molar-refractivity contribution in [2.75, 3.05) is 10.6 Å². The molecule has 0 aliphatic rings. The van der Waals surface area contributed by atoms with E-state index < -0.39 is 11.7 Å². The zero-order valence-corrected chi connectivity index (χ0v) is 21.8. The Bertz CT molecular complexity index is 1760. The second-order valence-electron chi connectivity index (χ2n) is 8.62. The Balaban J connectivity index is 1.50. The number of carbonyl (C=O) groups is 1. The topological polar surface area (TPSA) is 120 Å². The number of rotatable bonds is 7. The molecule has 0 bridgehead atoms. The Labute approximate surface area is 229 Å². The number of anilines is 3. The molecule has 2 aromatic carbocycles. The number of amides is 1. The molecule has 40 heavy (non-hydrogen) atoms. The third-order valence-corrected chi connectivity index (χ3v) is 5.62. The monoisotopic (exact) mass is 534 g/mol. The quantitative estimate of drug-likeness (QED) is 0.271. The highest BCUT2D eigenvalue weighted by molar-refractivity contribution is 6.04. The largest absolute Gasteiger partial charge is 0.421 e. The number of nitrogens with one attached hydrogen (secondary N) is 2. The maximum absolute atomic E-state index is 15.2. The fourth-order valence-electron chi connectivity index (χ4n) is 3.80. The first-order chi connectivity index (χ1) is 19.4. The summed E-state index contributed by atoms with van der Waals surface area (Å²) in [5.41, 5.74) is 4.38. The lowest BCUT2D eigenvalue weighted by molar-refractivity contribution is -0.111. The summed E-state index contributed by atoms with van der Waals surface area (Å²) in [5, 5.41) is 9.99. The third-order valence-electron chi connectivity index (χ3n) is 5.62. The molecule has 2 N–H and O–H groups in total. The molecule has 0 spiro atoms. The van der Waals surface area contributed by atoms with Crippen molar-refractivity contribution in [1.29, 1.82) is 0 Å². The van der Waals surface area contributed by atoms with Gasteiger partial charge < -0.3 is 15.4 Å². The maximum atomic E-state index is 15.2. The highest BCUT2D eigenvalue weighted by Gasteiger charge is 2.16. The lowest BCUT2D eigenvalue weighted by atomic mass is 10.0. The molecule has 0 saturated carbocycles. The van der Waals surface area contributed by atoms with Crippen molar-refractivity contribution < 1.29 is 13.9 Å². The van der Waals surface area contributed by atoms with Crippen LogP contribution in [0.4, 0.5) is 21.7 Å². The van der Waals surface area contributed by atoms with Crippen LogP contribution < -0.4 is 15.4 Å². The van der Waals surface area contributed by atoms with E-state index >= 15 is 4.39 Å². The number of aromatic nitrogens is 6. The molecule has 0 fully saturated rings. The first kappa shape index (κ1) is 26.0. The number of ether oxygens (including phenoxy) is 1. The van der Waals surface area contributed by atoms with Gasteiger partial charge >= 0.3 is 6.01 Å². The number of benzene rings is 2. The van der Waals surface area contributed by atoms with E-state index in [1.165, 1.54) is 12.1 Å². The van der Waals surface area contributed by atoms with Gasteiger partial charge in [0.2, 0.25) is 5.95 Å². The summed E-state index contributed by atoms with van der Waals surface area (Å²) in [4.78, 5) is 29.2. The smallest absolute Gasteiger partial charge is 0.322 e. The molecule has 11 heteroatoms. The molecule has 0 atom stereocenters. The van der Waals surface area contributed by atoms with Crippen LogP contribution in [0.5, 0.6) is 11.8 Å². The summed E-state index contributed by atoms with van der Waals surface area (Å²) in [6.07, 6.45) is 6.61. The lowest BCUT2D eigenvalue weighted by Gasteiger charge is -2.13. The molecule has 10 nitrogen and oxygen atoms in total. The lowest BCUT2D eigenvalue weighted by Crippen LogP contribution is -2.08. The average Bonchev–Trinajstić information content (AvgIpc) is 3.34. The second-order valence-corrected chi connectivity index (χ2v) is 8.62. The van der Waals surface area contributed by atoms with Crippen LogP contribution in [0.1, 0.15) is 12.6 Å². The fraction of sp³-hybridized carbons (Fsp3) is 0.103. The number of carbonyl (C=O) groups excluding carboxylic acids is 1. The van der Waals surface area contributed by atoms with Crippen LogP contribution in [0.25, 0.3) is 22.4 Å². The van der Waals surface area contributed by atoms with E-state index in [1.54, 1.807) is 86.8 Å². The number of hydrogen-bond donors (Lipinski definition) is 2. The van der Waals surface area contributed by atoms with Crippen LogP contribution in [-0.4, -0.2) is 35.6 Å². The number of halogens is 1.